The Hall–Kier alpha value is -0.410. The van der Waals surface area contributed by atoms with Gasteiger partial charge in [-0.3, -0.25) is 4.98 Å². The first-order valence-electron chi connectivity index (χ1n) is 6.60. The zero-order valence-electron chi connectivity index (χ0n) is 10.2. The summed E-state index contributed by atoms with van der Waals surface area (Å²) in [6.45, 7) is 0. The number of hydrogen-bond acceptors (Lipinski definition) is 2. The SMILES string of the molecule is NC(Cc1ccc(Br)cn1)CC1CCCCC1. The Morgan fingerprint density at radius 2 is 2.06 bits per heavy atom. The van der Waals surface area contributed by atoms with E-state index in [1.807, 2.05) is 12.3 Å². The van der Waals surface area contributed by atoms with Crippen molar-refractivity contribution in [1.29, 1.82) is 0 Å². The molecule has 0 saturated heterocycles. The van der Waals surface area contributed by atoms with Crippen molar-refractivity contribution in [3.05, 3.63) is 28.5 Å². The number of aromatic nitrogens is 1. The van der Waals surface area contributed by atoms with E-state index in [1.54, 1.807) is 0 Å². The van der Waals surface area contributed by atoms with Gasteiger partial charge in [0.1, 0.15) is 0 Å². The highest BCUT2D eigenvalue weighted by Gasteiger charge is 2.17. The van der Waals surface area contributed by atoms with Gasteiger partial charge in [-0.15, -0.1) is 0 Å². The van der Waals surface area contributed by atoms with E-state index in [0.717, 1.165) is 28.9 Å². The molecule has 1 atom stereocenters. The number of nitrogens with zero attached hydrogens (tertiary/aromatic N) is 1. The van der Waals surface area contributed by atoms with E-state index in [0.29, 0.717) is 0 Å². The van der Waals surface area contributed by atoms with Crippen LogP contribution in [0.3, 0.4) is 0 Å². The van der Waals surface area contributed by atoms with Crippen LogP contribution in [0.15, 0.2) is 22.8 Å². The third-order valence-electron chi connectivity index (χ3n) is 3.62. The number of hydrogen-bond donors (Lipinski definition) is 1. The highest BCUT2D eigenvalue weighted by Crippen LogP contribution is 2.27. The van der Waals surface area contributed by atoms with Crippen LogP contribution in [0, 0.1) is 5.92 Å². The fourth-order valence-corrected chi connectivity index (χ4v) is 2.96. The number of nitrogens with two attached hydrogens (primary N) is 1. The Balaban J connectivity index is 1.79. The Bertz CT molecular complexity index is 331. The van der Waals surface area contributed by atoms with Gasteiger partial charge in [-0.25, -0.2) is 0 Å². The third kappa shape index (κ3) is 4.40. The lowest BCUT2D eigenvalue weighted by Gasteiger charge is -2.24. The minimum Gasteiger partial charge on any atom is -0.327 e. The largest absolute Gasteiger partial charge is 0.327 e. The van der Waals surface area contributed by atoms with Crippen molar-refractivity contribution in [1.82, 2.24) is 4.98 Å². The molecule has 1 saturated carbocycles. The molecule has 1 fully saturated rings. The van der Waals surface area contributed by atoms with E-state index >= 15 is 0 Å². The molecule has 2 rings (SSSR count). The lowest BCUT2D eigenvalue weighted by molar-refractivity contribution is 0.316. The molecule has 1 aromatic rings. The molecule has 0 amide bonds. The fraction of sp³-hybridized carbons (Fsp3) is 0.643. The first kappa shape index (κ1) is 13.0. The molecule has 1 aromatic heterocycles. The van der Waals surface area contributed by atoms with Crippen LogP contribution in [0.1, 0.15) is 44.2 Å². The van der Waals surface area contributed by atoms with Gasteiger partial charge in [0.25, 0.3) is 0 Å². The topological polar surface area (TPSA) is 38.9 Å². The van der Waals surface area contributed by atoms with Crippen LogP contribution in [-0.4, -0.2) is 11.0 Å². The van der Waals surface area contributed by atoms with E-state index in [-0.39, 0.29) is 6.04 Å². The summed E-state index contributed by atoms with van der Waals surface area (Å²) in [6, 6.07) is 4.37. The molecule has 2 nitrogen and oxygen atoms in total. The van der Waals surface area contributed by atoms with Crippen molar-refractivity contribution in [3.63, 3.8) is 0 Å². The van der Waals surface area contributed by atoms with Crippen LogP contribution in [0.25, 0.3) is 0 Å². The van der Waals surface area contributed by atoms with Crippen LogP contribution < -0.4 is 5.73 Å². The molecular weight excluding hydrogens is 276 g/mol. The van der Waals surface area contributed by atoms with Crippen LogP contribution in [-0.2, 0) is 6.42 Å². The molecule has 17 heavy (non-hydrogen) atoms. The van der Waals surface area contributed by atoms with Crippen LogP contribution >= 0.6 is 15.9 Å². The van der Waals surface area contributed by atoms with E-state index in [1.165, 1.54) is 32.1 Å². The van der Waals surface area contributed by atoms with E-state index in [9.17, 15) is 0 Å². The number of rotatable bonds is 4. The maximum atomic E-state index is 6.22. The van der Waals surface area contributed by atoms with Gasteiger partial charge in [0.05, 0.1) is 0 Å². The minimum atomic E-state index is 0.270. The highest BCUT2D eigenvalue weighted by molar-refractivity contribution is 9.10. The van der Waals surface area contributed by atoms with Gasteiger partial charge in [-0.1, -0.05) is 32.1 Å². The van der Waals surface area contributed by atoms with Gasteiger partial charge < -0.3 is 5.73 Å². The van der Waals surface area contributed by atoms with Crippen LogP contribution in [0.4, 0.5) is 0 Å². The van der Waals surface area contributed by atoms with Crippen molar-refractivity contribution in [2.24, 2.45) is 11.7 Å². The molecule has 1 unspecified atom stereocenters. The molecule has 0 spiro atoms. The maximum Gasteiger partial charge on any atom is 0.0419 e. The second-order valence-corrected chi connectivity index (χ2v) is 6.09. The summed E-state index contributed by atoms with van der Waals surface area (Å²) in [4.78, 5) is 4.38. The number of halogens is 1. The van der Waals surface area contributed by atoms with Crippen LogP contribution in [0.5, 0.6) is 0 Å². The molecule has 0 aromatic carbocycles. The van der Waals surface area contributed by atoms with Gasteiger partial charge in [0.15, 0.2) is 0 Å². The molecule has 1 heterocycles. The monoisotopic (exact) mass is 296 g/mol. The highest BCUT2D eigenvalue weighted by atomic mass is 79.9. The summed E-state index contributed by atoms with van der Waals surface area (Å²) >= 11 is 3.40. The fourth-order valence-electron chi connectivity index (χ4n) is 2.73. The Kier molecular flexibility index (Phi) is 4.99. The molecule has 0 aliphatic heterocycles. The van der Waals surface area contributed by atoms with E-state index in [2.05, 4.69) is 27.0 Å². The lowest BCUT2D eigenvalue weighted by atomic mass is 9.84. The molecular formula is C14H21BrN2. The average Bonchev–Trinajstić information content (AvgIpc) is 2.33. The number of pyridine rings is 1. The molecule has 0 radical (unpaired) electrons. The van der Waals surface area contributed by atoms with Crippen molar-refractivity contribution >= 4 is 15.9 Å². The predicted molar refractivity (Wildman–Crippen MR) is 74.8 cm³/mol. The average molecular weight is 297 g/mol. The second kappa shape index (κ2) is 6.50. The zero-order chi connectivity index (χ0) is 12.1. The summed E-state index contributed by atoms with van der Waals surface area (Å²) in [6.07, 6.45) is 10.9. The van der Waals surface area contributed by atoms with E-state index < -0.39 is 0 Å². The van der Waals surface area contributed by atoms with Crippen molar-refractivity contribution < 1.29 is 0 Å². The quantitative estimate of drug-likeness (QED) is 0.920. The molecule has 1 aliphatic rings. The predicted octanol–water partition coefficient (Wildman–Crippen LogP) is 3.68. The second-order valence-electron chi connectivity index (χ2n) is 5.17. The maximum absolute atomic E-state index is 6.22. The lowest BCUT2D eigenvalue weighted by Crippen LogP contribution is -2.27. The minimum absolute atomic E-state index is 0.270. The van der Waals surface area contributed by atoms with Gasteiger partial charge in [-0.2, -0.15) is 0 Å². The molecule has 94 valence electrons. The van der Waals surface area contributed by atoms with E-state index in [4.69, 9.17) is 5.73 Å². The smallest absolute Gasteiger partial charge is 0.0419 e. The molecule has 2 N–H and O–H groups in total. The Labute approximate surface area is 112 Å². The Morgan fingerprint density at radius 1 is 1.29 bits per heavy atom. The van der Waals surface area contributed by atoms with Crippen molar-refractivity contribution in [2.45, 2.75) is 51.0 Å². The third-order valence-corrected chi connectivity index (χ3v) is 4.09. The first-order valence-corrected chi connectivity index (χ1v) is 7.39. The van der Waals surface area contributed by atoms with Gasteiger partial charge >= 0.3 is 0 Å². The molecule has 1 aliphatic carbocycles. The molecule has 3 heteroatoms. The van der Waals surface area contributed by atoms with Crippen molar-refractivity contribution in [3.8, 4) is 0 Å². The van der Waals surface area contributed by atoms with Crippen LogP contribution in [0.2, 0.25) is 0 Å². The summed E-state index contributed by atoms with van der Waals surface area (Å²) in [7, 11) is 0. The normalized spacial score (nSPS) is 19.2. The zero-order valence-corrected chi connectivity index (χ0v) is 11.8. The van der Waals surface area contributed by atoms with Gasteiger partial charge in [0.2, 0.25) is 0 Å². The summed E-state index contributed by atoms with van der Waals surface area (Å²) in [5.74, 6) is 0.856. The summed E-state index contributed by atoms with van der Waals surface area (Å²) in [5, 5.41) is 0. The first-order chi connectivity index (χ1) is 8.24. The summed E-state index contributed by atoms with van der Waals surface area (Å²) < 4.78 is 1.03. The Morgan fingerprint density at radius 3 is 2.71 bits per heavy atom. The van der Waals surface area contributed by atoms with Gasteiger partial charge in [0, 0.05) is 28.8 Å². The van der Waals surface area contributed by atoms with Crippen molar-refractivity contribution in [2.75, 3.05) is 0 Å². The van der Waals surface area contributed by atoms with Gasteiger partial charge in [-0.05, 0) is 40.4 Å². The standard InChI is InChI=1S/C14H21BrN2/c15-12-6-7-14(17-10-12)9-13(16)8-11-4-2-1-3-5-11/h6-7,10-11,13H,1-5,8-9,16H2. The molecule has 0 bridgehead atoms. The summed E-state index contributed by atoms with van der Waals surface area (Å²) in [5.41, 5.74) is 7.33.